The number of carbonyl (C=O) groups excluding carboxylic acids is 1. The van der Waals surface area contributed by atoms with Gasteiger partial charge in [-0.25, -0.2) is 13.4 Å². The third-order valence-electron chi connectivity index (χ3n) is 3.86. The summed E-state index contributed by atoms with van der Waals surface area (Å²) < 4.78 is 28.6. The van der Waals surface area contributed by atoms with E-state index in [1.54, 1.807) is 13.1 Å². The van der Waals surface area contributed by atoms with Gasteiger partial charge in [0.2, 0.25) is 0 Å². The van der Waals surface area contributed by atoms with E-state index >= 15 is 0 Å². The van der Waals surface area contributed by atoms with Crippen LogP contribution in [0.15, 0.2) is 18.3 Å². The van der Waals surface area contributed by atoms with Crippen LogP contribution in [0.3, 0.4) is 0 Å². The van der Waals surface area contributed by atoms with Crippen molar-refractivity contribution in [3.8, 4) is 5.75 Å². The van der Waals surface area contributed by atoms with Gasteiger partial charge in [-0.2, -0.15) is 0 Å². The topological polar surface area (TPSA) is 98.2 Å². The molecule has 3 heterocycles. The molecule has 25 heavy (non-hydrogen) atoms. The molecule has 9 heteroatoms. The highest BCUT2D eigenvalue weighted by Gasteiger charge is 2.30. The second kappa shape index (κ2) is 7.09. The van der Waals surface area contributed by atoms with Crippen LogP contribution in [-0.4, -0.2) is 41.8 Å². The molecule has 3 rings (SSSR count). The van der Waals surface area contributed by atoms with Crippen LogP contribution < -0.4 is 10.1 Å². The quantitative estimate of drug-likeness (QED) is 0.846. The Morgan fingerprint density at radius 3 is 2.84 bits per heavy atom. The summed E-state index contributed by atoms with van der Waals surface area (Å²) in [5.74, 6) is 0.497. The molecule has 1 unspecified atom stereocenters. The number of hydrogen-bond acceptors (Lipinski definition) is 7. The second-order valence-corrected chi connectivity index (χ2v) is 9.33. The van der Waals surface area contributed by atoms with Crippen molar-refractivity contribution < 1.29 is 17.9 Å². The molecular weight excluding hydrogens is 362 g/mol. The summed E-state index contributed by atoms with van der Waals surface area (Å²) in [6, 6.07) is 3.37. The number of pyridine rings is 1. The summed E-state index contributed by atoms with van der Waals surface area (Å²) in [6.45, 7) is 3.91. The molecule has 7 nitrogen and oxygen atoms in total. The Bertz CT molecular complexity index is 875. The highest BCUT2D eigenvalue weighted by atomic mass is 32.2. The predicted molar refractivity (Wildman–Crippen MR) is 94.7 cm³/mol. The van der Waals surface area contributed by atoms with Gasteiger partial charge in [-0.05, 0) is 32.4 Å². The van der Waals surface area contributed by atoms with Crippen molar-refractivity contribution in [2.75, 3.05) is 11.5 Å². The third kappa shape index (κ3) is 4.55. The van der Waals surface area contributed by atoms with Crippen molar-refractivity contribution in [2.24, 2.45) is 0 Å². The molecule has 0 saturated carbocycles. The number of ether oxygens (including phenoxy) is 1. The molecule has 0 aromatic carbocycles. The van der Waals surface area contributed by atoms with Gasteiger partial charge in [0.15, 0.2) is 9.84 Å². The van der Waals surface area contributed by atoms with E-state index in [-0.39, 0.29) is 30.1 Å². The molecule has 0 aliphatic carbocycles. The summed E-state index contributed by atoms with van der Waals surface area (Å²) >= 11 is 1.26. The molecule has 1 amide bonds. The molecule has 0 spiro atoms. The van der Waals surface area contributed by atoms with Crippen LogP contribution in [0.25, 0.3) is 0 Å². The molecule has 1 fully saturated rings. The Labute approximate surface area is 150 Å². The number of hydrogen-bond donors (Lipinski definition) is 1. The van der Waals surface area contributed by atoms with E-state index in [1.165, 1.54) is 11.3 Å². The van der Waals surface area contributed by atoms with E-state index in [4.69, 9.17) is 4.74 Å². The molecule has 1 N–H and O–H groups in total. The maximum atomic E-state index is 12.4. The van der Waals surface area contributed by atoms with Gasteiger partial charge in [0.25, 0.3) is 5.91 Å². The first-order chi connectivity index (χ1) is 11.8. The number of amides is 1. The van der Waals surface area contributed by atoms with Gasteiger partial charge in [-0.1, -0.05) is 0 Å². The number of aryl methyl sites for hydroxylation is 2. The van der Waals surface area contributed by atoms with Crippen LogP contribution >= 0.6 is 11.3 Å². The minimum Gasteiger partial charge on any atom is -0.485 e. The Balaban J connectivity index is 1.61. The number of aromatic nitrogens is 2. The average molecular weight is 381 g/mol. The van der Waals surface area contributed by atoms with Crippen LogP contribution in [0.1, 0.15) is 32.5 Å². The summed E-state index contributed by atoms with van der Waals surface area (Å²) in [7, 11) is -3.02. The highest BCUT2D eigenvalue weighted by Crippen LogP contribution is 2.21. The second-order valence-electron chi connectivity index (χ2n) is 6.02. The minimum atomic E-state index is -3.02. The maximum Gasteiger partial charge on any atom is 0.263 e. The smallest absolute Gasteiger partial charge is 0.263 e. The fraction of sp³-hybridized carbons (Fsp3) is 0.438. The van der Waals surface area contributed by atoms with Crippen LogP contribution in [0.5, 0.6) is 5.75 Å². The molecule has 2 aromatic rings. The molecule has 1 aliphatic rings. The lowest BCUT2D eigenvalue weighted by atomic mass is 10.2. The summed E-state index contributed by atoms with van der Waals surface area (Å²) in [5.41, 5.74) is 1.52. The van der Waals surface area contributed by atoms with Gasteiger partial charge in [0, 0.05) is 11.7 Å². The average Bonchev–Trinajstić information content (AvgIpc) is 3.09. The Hall–Kier alpha value is -2.00. The van der Waals surface area contributed by atoms with E-state index in [2.05, 4.69) is 15.3 Å². The fourth-order valence-electron chi connectivity index (χ4n) is 2.57. The fourth-order valence-corrected chi connectivity index (χ4v) is 5.12. The predicted octanol–water partition coefficient (Wildman–Crippen LogP) is 1.65. The van der Waals surface area contributed by atoms with Crippen molar-refractivity contribution in [1.29, 1.82) is 0 Å². The van der Waals surface area contributed by atoms with Gasteiger partial charge in [-0.3, -0.25) is 9.78 Å². The lowest BCUT2D eigenvalue weighted by Crippen LogP contribution is -2.35. The SMILES string of the molecule is Cc1ccc(OCc2nc(C)c(C(=O)NC3CCS(=O)(=O)C3)s2)cn1. The van der Waals surface area contributed by atoms with E-state index in [1.807, 2.05) is 19.1 Å². The van der Waals surface area contributed by atoms with Gasteiger partial charge in [0.1, 0.15) is 22.2 Å². The van der Waals surface area contributed by atoms with Gasteiger partial charge >= 0.3 is 0 Å². The number of nitrogens with zero attached hydrogens (tertiary/aromatic N) is 2. The van der Waals surface area contributed by atoms with Gasteiger partial charge in [-0.15, -0.1) is 11.3 Å². The zero-order valence-corrected chi connectivity index (χ0v) is 15.6. The van der Waals surface area contributed by atoms with E-state index in [0.29, 0.717) is 27.7 Å². The first-order valence-corrected chi connectivity index (χ1v) is 10.5. The van der Waals surface area contributed by atoms with Crippen molar-refractivity contribution >= 4 is 27.1 Å². The largest absolute Gasteiger partial charge is 0.485 e. The zero-order valence-electron chi connectivity index (χ0n) is 14.0. The number of rotatable bonds is 5. The summed E-state index contributed by atoms with van der Waals surface area (Å²) in [5, 5.41) is 3.47. The van der Waals surface area contributed by atoms with Crippen molar-refractivity contribution in [2.45, 2.75) is 32.9 Å². The number of carbonyl (C=O) groups is 1. The van der Waals surface area contributed by atoms with Crippen LogP contribution in [-0.2, 0) is 16.4 Å². The Kier molecular flexibility index (Phi) is 5.05. The Morgan fingerprint density at radius 1 is 1.40 bits per heavy atom. The molecule has 1 aliphatic heterocycles. The third-order valence-corrected chi connectivity index (χ3v) is 6.76. The molecule has 2 aromatic heterocycles. The lowest BCUT2D eigenvalue weighted by molar-refractivity contribution is 0.0944. The molecule has 0 radical (unpaired) electrons. The van der Waals surface area contributed by atoms with Crippen molar-refractivity contribution in [3.05, 3.63) is 39.6 Å². The van der Waals surface area contributed by atoms with E-state index in [9.17, 15) is 13.2 Å². The lowest BCUT2D eigenvalue weighted by Gasteiger charge is -2.09. The standard InChI is InChI=1S/C16H19N3O4S2/c1-10-3-4-13(7-17-10)23-8-14-18-11(2)15(24-14)16(20)19-12-5-6-25(21,22)9-12/h3-4,7,12H,5-6,8-9H2,1-2H3,(H,19,20). The van der Waals surface area contributed by atoms with Gasteiger partial charge in [0.05, 0.1) is 23.4 Å². The number of thiazole rings is 1. The minimum absolute atomic E-state index is 0.00693. The normalized spacial score (nSPS) is 18.9. The molecule has 1 saturated heterocycles. The maximum absolute atomic E-state index is 12.4. The summed E-state index contributed by atoms with van der Waals surface area (Å²) in [6.07, 6.45) is 2.10. The monoisotopic (exact) mass is 381 g/mol. The number of sulfone groups is 1. The van der Waals surface area contributed by atoms with Crippen LogP contribution in [0.4, 0.5) is 0 Å². The van der Waals surface area contributed by atoms with E-state index < -0.39 is 9.84 Å². The zero-order chi connectivity index (χ0) is 18.0. The molecule has 0 bridgehead atoms. The highest BCUT2D eigenvalue weighted by molar-refractivity contribution is 7.91. The van der Waals surface area contributed by atoms with E-state index in [0.717, 1.165) is 5.69 Å². The van der Waals surface area contributed by atoms with Crippen LogP contribution in [0.2, 0.25) is 0 Å². The van der Waals surface area contributed by atoms with Crippen molar-refractivity contribution in [1.82, 2.24) is 15.3 Å². The first kappa shape index (κ1) is 17.8. The molecule has 134 valence electrons. The van der Waals surface area contributed by atoms with Crippen molar-refractivity contribution in [3.63, 3.8) is 0 Å². The van der Waals surface area contributed by atoms with Gasteiger partial charge < -0.3 is 10.1 Å². The summed E-state index contributed by atoms with van der Waals surface area (Å²) in [4.78, 5) is 21.4. The Morgan fingerprint density at radius 2 is 2.20 bits per heavy atom. The molecular formula is C16H19N3O4S2. The first-order valence-electron chi connectivity index (χ1n) is 7.85. The van der Waals surface area contributed by atoms with Crippen LogP contribution in [0, 0.1) is 13.8 Å². The molecule has 1 atom stereocenters. The number of nitrogens with one attached hydrogen (secondary N) is 1.